The average molecular weight is 950 g/mol. The van der Waals surface area contributed by atoms with Gasteiger partial charge in [-0.15, -0.1) is 0 Å². The lowest BCUT2D eigenvalue weighted by Crippen LogP contribution is -2.14. The van der Waals surface area contributed by atoms with Crippen LogP contribution >= 0.6 is 0 Å². The summed E-state index contributed by atoms with van der Waals surface area (Å²) in [7, 11) is 0. The number of rotatable bonds is 7. The van der Waals surface area contributed by atoms with Crippen LogP contribution < -0.4 is 0 Å². The van der Waals surface area contributed by atoms with Crippen LogP contribution in [0.5, 0.6) is 0 Å². The van der Waals surface area contributed by atoms with Gasteiger partial charge >= 0.3 is 12.4 Å². The summed E-state index contributed by atoms with van der Waals surface area (Å²) in [4.78, 5) is 0. The first kappa shape index (κ1) is 44.1. The van der Waals surface area contributed by atoms with Gasteiger partial charge in [0.05, 0.1) is 56.2 Å². The Balaban J connectivity index is 1.29. The maximum absolute atomic E-state index is 15.9. The highest BCUT2D eigenvalue weighted by atomic mass is 19.4. The van der Waals surface area contributed by atoms with E-state index in [2.05, 4.69) is 6.07 Å². The summed E-state index contributed by atoms with van der Waals surface area (Å²) in [5, 5.41) is 14.2. The summed E-state index contributed by atoms with van der Waals surface area (Å²) in [6.45, 7) is 0. The first-order valence-electron chi connectivity index (χ1n) is 23.2. The predicted molar refractivity (Wildman–Crippen MR) is 277 cm³/mol. The van der Waals surface area contributed by atoms with Crippen molar-refractivity contribution in [1.82, 2.24) is 9.13 Å². The molecule has 9 heteroatoms. The average Bonchev–Trinajstić information content (AvgIpc) is 3.92. The molecule has 0 amide bonds. The van der Waals surface area contributed by atoms with Crippen LogP contribution in [-0.2, 0) is 12.4 Å². The van der Waals surface area contributed by atoms with Gasteiger partial charge in [0.2, 0.25) is 0 Å². The lowest BCUT2D eigenvalue weighted by Gasteiger charge is -2.24. The van der Waals surface area contributed by atoms with Crippen molar-refractivity contribution in [1.29, 1.82) is 5.26 Å². The van der Waals surface area contributed by atoms with Crippen molar-refractivity contribution >= 4 is 43.6 Å². The van der Waals surface area contributed by atoms with Crippen molar-refractivity contribution in [2.75, 3.05) is 0 Å². The third-order valence-electron chi connectivity index (χ3n) is 13.6. The molecule has 0 saturated carbocycles. The number of alkyl halides is 6. The Morgan fingerprint density at radius 1 is 0.333 bits per heavy atom. The number of aromatic nitrogens is 2. The molecule has 346 valence electrons. The van der Waals surface area contributed by atoms with Crippen LogP contribution in [0, 0.1) is 11.3 Å². The van der Waals surface area contributed by atoms with E-state index < -0.39 is 29.0 Å². The van der Waals surface area contributed by atoms with Gasteiger partial charge in [-0.1, -0.05) is 176 Å². The molecule has 3 nitrogen and oxygen atoms in total. The largest absolute Gasteiger partial charge is 0.417 e. The van der Waals surface area contributed by atoms with E-state index in [1.165, 1.54) is 0 Å². The normalized spacial score (nSPS) is 12.0. The van der Waals surface area contributed by atoms with Crippen LogP contribution in [0.4, 0.5) is 26.3 Å². The summed E-state index contributed by atoms with van der Waals surface area (Å²) in [6.07, 6.45) is -10.3. The molecule has 0 spiro atoms. The summed E-state index contributed by atoms with van der Waals surface area (Å²) >= 11 is 0. The van der Waals surface area contributed by atoms with Gasteiger partial charge in [-0.2, -0.15) is 31.6 Å². The molecule has 0 radical (unpaired) electrons. The van der Waals surface area contributed by atoms with Gasteiger partial charge in [0.1, 0.15) is 0 Å². The number of nitrogens with zero attached hydrogens (tertiary/aromatic N) is 3. The molecule has 0 atom stereocenters. The van der Waals surface area contributed by atoms with Crippen LogP contribution in [0.15, 0.2) is 224 Å². The summed E-state index contributed by atoms with van der Waals surface area (Å²) in [5.41, 5.74) is 6.31. The summed E-state index contributed by atoms with van der Waals surface area (Å²) in [6, 6.07) is 69.8. The molecule has 0 fully saturated rings. The van der Waals surface area contributed by atoms with E-state index in [0.29, 0.717) is 28.1 Å². The lowest BCUT2D eigenvalue weighted by atomic mass is 9.92. The Morgan fingerprint density at radius 3 is 0.958 bits per heavy atom. The molecule has 12 aromatic rings. The maximum atomic E-state index is 15.9. The second-order valence-electron chi connectivity index (χ2n) is 17.8. The van der Waals surface area contributed by atoms with Gasteiger partial charge in [0, 0.05) is 27.1 Å². The molecule has 0 saturated heterocycles. The first-order valence-corrected chi connectivity index (χ1v) is 23.2. The lowest BCUT2D eigenvalue weighted by molar-refractivity contribution is -0.142. The van der Waals surface area contributed by atoms with E-state index in [0.717, 1.165) is 72.1 Å². The molecule has 2 heterocycles. The fraction of sp³-hybridized carbons (Fsp3) is 0.0317. The SMILES string of the molecule is N#Cc1cc(-n2c3cc(-c4ccccc4)ccc3c3ccc(-c4ccccc4)cc32)c(-c2ccc(C(F)(F)F)cc2C(F)(F)F)c(-n2c3cc(-c4ccccc4)ccc3c3ccc(-c4ccccc4)cc32)c1. The van der Waals surface area contributed by atoms with Crippen LogP contribution in [0.25, 0.3) is 111 Å². The Morgan fingerprint density at radius 2 is 0.667 bits per heavy atom. The van der Waals surface area contributed by atoms with Crippen LogP contribution in [0.2, 0.25) is 0 Å². The molecule has 0 aliphatic rings. The van der Waals surface area contributed by atoms with Gasteiger partial charge < -0.3 is 9.13 Å². The van der Waals surface area contributed by atoms with E-state index in [-0.39, 0.29) is 28.6 Å². The molecule has 0 aliphatic carbocycles. The van der Waals surface area contributed by atoms with Gasteiger partial charge in [-0.05, 0) is 98.6 Å². The molecule has 0 aliphatic heterocycles. The number of halogens is 6. The Hall–Kier alpha value is -9.13. The van der Waals surface area contributed by atoms with Crippen molar-refractivity contribution in [2.24, 2.45) is 0 Å². The smallest absolute Gasteiger partial charge is 0.308 e. The minimum atomic E-state index is -5.26. The second-order valence-corrected chi connectivity index (χ2v) is 17.8. The topological polar surface area (TPSA) is 33.6 Å². The molecule has 12 rings (SSSR count). The Bertz CT molecular complexity index is 3690. The molecule has 0 N–H and O–H groups in total. The van der Waals surface area contributed by atoms with Gasteiger partial charge in [0.15, 0.2) is 0 Å². The predicted octanol–water partition coefficient (Wildman–Crippen LogP) is 18.1. The molecule has 72 heavy (non-hydrogen) atoms. The number of benzene rings is 10. The van der Waals surface area contributed by atoms with Crippen molar-refractivity contribution in [3.05, 3.63) is 241 Å². The van der Waals surface area contributed by atoms with Crippen LogP contribution in [0.3, 0.4) is 0 Å². The van der Waals surface area contributed by atoms with Gasteiger partial charge in [-0.25, -0.2) is 0 Å². The summed E-state index contributed by atoms with van der Waals surface area (Å²) in [5.74, 6) is 0. The fourth-order valence-corrected chi connectivity index (χ4v) is 10.3. The van der Waals surface area contributed by atoms with E-state index >= 15 is 13.2 Å². The third-order valence-corrected chi connectivity index (χ3v) is 13.6. The molecule has 2 aromatic heterocycles. The number of nitriles is 1. The monoisotopic (exact) mass is 949 g/mol. The molecular formula is C63H37F6N3. The van der Waals surface area contributed by atoms with Gasteiger partial charge in [0.25, 0.3) is 0 Å². The highest BCUT2D eigenvalue weighted by Gasteiger charge is 2.40. The van der Waals surface area contributed by atoms with E-state index in [1.54, 1.807) is 12.1 Å². The molecule has 0 unspecified atom stereocenters. The van der Waals surface area contributed by atoms with Crippen molar-refractivity contribution in [3.8, 4) is 73.1 Å². The van der Waals surface area contributed by atoms with E-state index in [9.17, 15) is 18.4 Å². The van der Waals surface area contributed by atoms with Crippen LogP contribution in [-0.4, -0.2) is 9.13 Å². The quantitative estimate of drug-likeness (QED) is 0.147. The maximum Gasteiger partial charge on any atom is 0.417 e. The number of hydrogen-bond acceptors (Lipinski definition) is 1. The second kappa shape index (κ2) is 17.1. The van der Waals surface area contributed by atoms with Crippen LogP contribution in [0.1, 0.15) is 16.7 Å². The van der Waals surface area contributed by atoms with E-state index in [1.807, 2.05) is 203 Å². The fourth-order valence-electron chi connectivity index (χ4n) is 10.3. The number of fused-ring (bicyclic) bond motifs is 6. The molecular weight excluding hydrogens is 913 g/mol. The van der Waals surface area contributed by atoms with Crippen molar-refractivity contribution in [3.63, 3.8) is 0 Å². The standard InChI is InChI=1S/C63H37F6N3/c64-62(65,66)48-25-30-53(54(37-48)63(67,68)69)61-59(71-55-33-44(40-13-5-1-6-14-40)21-26-49(55)50-27-22-45(34-56(50)71)41-15-7-2-8-16-41)31-39(38-70)32-60(61)72-57-35-46(42-17-9-3-10-18-42)23-28-51(57)52-29-24-47(36-58(52)72)43-19-11-4-12-20-43/h1-37H. The minimum absolute atomic E-state index is 0.0295. The van der Waals surface area contributed by atoms with Gasteiger partial charge in [-0.3, -0.25) is 0 Å². The third kappa shape index (κ3) is 7.56. The Labute approximate surface area is 409 Å². The zero-order valence-electron chi connectivity index (χ0n) is 38.0. The molecule has 0 bridgehead atoms. The minimum Gasteiger partial charge on any atom is -0.308 e. The van der Waals surface area contributed by atoms with Crippen molar-refractivity contribution < 1.29 is 26.3 Å². The van der Waals surface area contributed by atoms with Crippen molar-refractivity contribution in [2.45, 2.75) is 12.4 Å². The first-order chi connectivity index (χ1) is 34.9. The zero-order chi connectivity index (χ0) is 49.3. The zero-order valence-corrected chi connectivity index (χ0v) is 38.0. The highest BCUT2D eigenvalue weighted by Crippen LogP contribution is 2.49. The highest BCUT2D eigenvalue weighted by molar-refractivity contribution is 6.14. The summed E-state index contributed by atoms with van der Waals surface area (Å²) < 4.78 is 95.3. The number of hydrogen-bond donors (Lipinski definition) is 0. The Kier molecular flexibility index (Phi) is 10.5. The van der Waals surface area contributed by atoms with E-state index in [4.69, 9.17) is 0 Å². The molecule has 10 aromatic carbocycles.